The molecule has 0 saturated carbocycles. The number of rotatable bonds is 9. The molecule has 1 aliphatic heterocycles. The molecule has 0 aromatic heterocycles. The van der Waals surface area contributed by atoms with E-state index in [-0.39, 0.29) is 31.5 Å². The Morgan fingerprint density at radius 1 is 1.09 bits per heavy atom. The van der Waals surface area contributed by atoms with Crippen LogP contribution in [0.15, 0.2) is 48.5 Å². The number of carboxylic acid groups (broad SMARTS) is 1. The van der Waals surface area contributed by atoms with Gasteiger partial charge in [0, 0.05) is 31.5 Å². The van der Waals surface area contributed by atoms with Crippen LogP contribution < -0.4 is 10.6 Å². The number of likely N-dealkylation sites (N-methyl/N-ethyl adjacent to an activating group) is 1. The van der Waals surface area contributed by atoms with Crippen molar-refractivity contribution in [2.75, 3.05) is 40.4 Å². The first-order chi connectivity index (χ1) is 16.8. The van der Waals surface area contributed by atoms with E-state index in [0.717, 1.165) is 22.3 Å². The van der Waals surface area contributed by atoms with Gasteiger partial charge in [-0.05, 0) is 42.8 Å². The Kier molecular flexibility index (Phi) is 7.67. The average molecular weight is 482 g/mol. The lowest BCUT2D eigenvalue weighted by atomic mass is 9.98. The van der Waals surface area contributed by atoms with Crippen molar-refractivity contribution in [2.45, 2.75) is 24.5 Å². The zero-order chi connectivity index (χ0) is 24.9. The third kappa shape index (κ3) is 5.63. The van der Waals surface area contributed by atoms with Gasteiger partial charge in [0.05, 0.1) is 0 Å². The van der Waals surface area contributed by atoms with Crippen molar-refractivity contribution in [1.29, 1.82) is 0 Å². The SMILES string of the molecule is CN(C)CC(NC(=O)OCC1c2ccccc2-c2ccccc21)C(=O)NC[C@@H]1CCO[C@@H]1C(=O)O. The highest BCUT2D eigenvalue weighted by molar-refractivity contribution is 5.86. The Hall–Kier alpha value is -3.43. The summed E-state index contributed by atoms with van der Waals surface area (Å²) in [5.41, 5.74) is 4.49. The molecule has 186 valence electrons. The smallest absolute Gasteiger partial charge is 0.407 e. The Bertz CT molecular complexity index is 1040. The standard InChI is InChI=1S/C26H31N3O6/c1-29(2)14-22(24(30)27-13-16-11-12-34-23(16)25(31)32)28-26(33)35-15-21-19-9-5-3-7-17(19)18-8-4-6-10-20(18)21/h3-10,16,21-23H,11-15H2,1-2H3,(H,27,30)(H,28,33)(H,31,32)/t16-,22?,23-/m0/s1. The maximum Gasteiger partial charge on any atom is 0.407 e. The first-order valence-corrected chi connectivity index (χ1v) is 11.7. The molecule has 0 bridgehead atoms. The minimum Gasteiger partial charge on any atom is -0.479 e. The second-order valence-electron chi connectivity index (χ2n) is 9.21. The quantitative estimate of drug-likeness (QED) is 0.502. The summed E-state index contributed by atoms with van der Waals surface area (Å²) in [5.74, 6) is -1.83. The van der Waals surface area contributed by atoms with Crippen LogP contribution in [0.3, 0.4) is 0 Å². The van der Waals surface area contributed by atoms with Gasteiger partial charge in [-0.15, -0.1) is 0 Å². The summed E-state index contributed by atoms with van der Waals surface area (Å²) >= 11 is 0. The molecule has 9 heteroatoms. The van der Waals surface area contributed by atoms with Gasteiger partial charge in [0.15, 0.2) is 6.10 Å². The number of hydrogen-bond acceptors (Lipinski definition) is 6. The van der Waals surface area contributed by atoms with Crippen LogP contribution in [-0.2, 0) is 19.1 Å². The zero-order valence-corrected chi connectivity index (χ0v) is 19.9. The van der Waals surface area contributed by atoms with Crippen LogP contribution in [0.4, 0.5) is 4.79 Å². The molecule has 35 heavy (non-hydrogen) atoms. The lowest BCUT2D eigenvalue weighted by Gasteiger charge is -2.23. The Morgan fingerprint density at radius 2 is 1.71 bits per heavy atom. The van der Waals surface area contributed by atoms with Gasteiger partial charge in [-0.25, -0.2) is 9.59 Å². The normalized spacial score (nSPS) is 19.6. The van der Waals surface area contributed by atoms with E-state index in [2.05, 4.69) is 22.8 Å². The maximum absolute atomic E-state index is 12.8. The molecule has 0 spiro atoms. The number of alkyl carbamates (subject to hydrolysis) is 1. The topological polar surface area (TPSA) is 117 Å². The molecule has 1 aliphatic carbocycles. The number of nitrogens with zero attached hydrogens (tertiary/aromatic N) is 1. The Morgan fingerprint density at radius 3 is 2.31 bits per heavy atom. The van der Waals surface area contributed by atoms with Gasteiger partial charge in [0.2, 0.25) is 5.91 Å². The fraction of sp³-hybridized carbons (Fsp3) is 0.423. The summed E-state index contributed by atoms with van der Waals surface area (Å²) < 4.78 is 10.8. The molecule has 4 rings (SSSR count). The minimum absolute atomic E-state index is 0.0791. The number of benzene rings is 2. The van der Waals surface area contributed by atoms with Gasteiger partial charge in [-0.2, -0.15) is 0 Å². The van der Waals surface area contributed by atoms with Crippen LogP contribution in [0.25, 0.3) is 11.1 Å². The van der Waals surface area contributed by atoms with E-state index in [1.54, 1.807) is 19.0 Å². The van der Waals surface area contributed by atoms with Gasteiger partial charge in [0.25, 0.3) is 0 Å². The van der Waals surface area contributed by atoms with Gasteiger partial charge in [-0.1, -0.05) is 48.5 Å². The molecule has 2 aliphatic rings. The summed E-state index contributed by atoms with van der Waals surface area (Å²) in [4.78, 5) is 38.6. The first kappa shape index (κ1) is 24.7. The second-order valence-corrected chi connectivity index (χ2v) is 9.21. The third-order valence-corrected chi connectivity index (χ3v) is 6.50. The fourth-order valence-electron chi connectivity index (χ4n) is 4.81. The number of nitrogens with one attached hydrogen (secondary N) is 2. The van der Waals surface area contributed by atoms with Gasteiger partial charge >= 0.3 is 12.1 Å². The molecule has 2 amide bonds. The maximum atomic E-state index is 12.8. The highest BCUT2D eigenvalue weighted by Gasteiger charge is 2.35. The van der Waals surface area contributed by atoms with Crippen LogP contribution in [0, 0.1) is 5.92 Å². The summed E-state index contributed by atoms with van der Waals surface area (Å²) in [6, 6.07) is 15.3. The van der Waals surface area contributed by atoms with E-state index in [1.165, 1.54) is 0 Å². The first-order valence-electron chi connectivity index (χ1n) is 11.7. The lowest BCUT2D eigenvalue weighted by molar-refractivity contribution is -0.149. The molecule has 9 nitrogen and oxygen atoms in total. The highest BCUT2D eigenvalue weighted by Crippen LogP contribution is 2.44. The second kappa shape index (κ2) is 10.9. The molecule has 2 aromatic rings. The van der Waals surface area contributed by atoms with Crippen LogP contribution in [-0.4, -0.2) is 80.5 Å². The molecule has 1 fully saturated rings. The number of carbonyl (C=O) groups is 3. The largest absolute Gasteiger partial charge is 0.479 e. The van der Waals surface area contributed by atoms with Crippen molar-refractivity contribution < 1.29 is 29.0 Å². The van der Waals surface area contributed by atoms with Gasteiger partial charge in [-0.3, -0.25) is 4.79 Å². The molecule has 3 atom stereocenters. The van der Waals surface area contributed by atoms with Crippen molar-refractivity contribution in [3.05, 3.63) is 59.7 Å². The van der Waals surface area contributed by atoms with Gasteiger partial charge in [0.1, 0.15) is 12.6 Å². The summed E-state index contributed by atoms with van der Waals surface area (Å²) in [6.45, 7) is 0.915. The summed E-state index contributed by atoms with van der Waals surface area (Å²) in [5, 5.41) is 14.7. The number of hydrogen-bond donors (Lipinski definition) is 3. The number of ether oxygens (including phenoxy) is 2. The van der Waals surface area contributed by atoms with Crippen molar-refractivity contribution >= 4 is 18.0 Å². The number of aliphatic carboxylic acids is 1. The zero-order valence-electron chi connectivity index (χ0n) is 19.9. The number of carboxylic acids is 1. The Balaban J connectivity index is 1.36. The lowest BCUT2D eigenvalue weighted by Crippen LogP contribution is -2.53. The predicted octanol–water partition coefficient (Wildman–Crippen LogP) is 2.06. The van der Waals surface area contributed by atoms with Crippen molar-refractivity contribution in [2.24, 2.45) is 5.92 Å². The van der Waals surface area contributed by atoms with Crippen molar-refractivity contribution in [3.8, 4) is 11.1 Å². The van der Waals surface area contributed by atoms with Crippen LogP contribution in [0.2, 0.25) is 0 Å². The summed E-state index contributed by atoms with van der Waals surface area (Å²) in [6.07, 6.45) is -1.06. The molecular formula is C26H31N3O6. The fourth-order valence-corrected chi connectivity index (χ4v) is 4.81. The average Bonchev–Trinajstić information content (AvgIpc) is 3.43. The van der Waals surface area contributed by atoms with E-state index < -0.39 is 30.1 Å². The van der Waals surface area contributed by atoms with Crippen LogP contribution >= 0.6 is 0 Å². The highest BCUT2D eigenvalue weighted by atomic mass is 16.5. The molecular weight excluding hydrogens is 450 g/mol. The van der Waals surface area contributed by atoms with E-state index >= 15 is 0 Å². The molecule has 1 unspecified atom stereocenters. The van der Waals surface area contributed by atoms with Crippen LogP contribution in [0.1, 0.15) is 23.5 Å². The minimum atomic E-state index is -1.04. The van der Waals surface area contributed by atoms with E-state index in [1.807, 2.05) is 36.4 Å². The molecule has 1 heterocycles. The number of fused-ring (bicyclic) bond motifs is 3. The van der Waals surface area contributed by atoms with Gasteiger partial charge < -0.3 is 30.1 Å². The van der Waals surface area contributed by atoms with Crippen molar-refractivity contribution in [1.82, 2.24) is 15.5 Å². The predicted molar refractivity (Wildman–Crippen MR) is 129 cm³/mol. The van der Waals surface area contributed by atoms with E-state index in [0.29, 0.717) is 13.0 Å². The van der Waals surface area contributed by atoms with E-state index in [9.17, 15) is 19.5 Å². The molecule has 3 N–H and O–H groups in total. The third-order valence-electron chi connectivity index (χ3n) is 6.50. The van der Waals surface area contributed by atoms with E-state index in [4.69, 9.17) is 9.47 Å². The Labute approximate surface area is 204 Å². The molecule has 0 radical (unpaired) electrons. The molecule has 2 aromatic carbocycles. The van der Waals surface area contributed by atoms with Crippen molar-refractivity contribution in [3.63, 3.8) is 0 Å². The number of carbonyl (C=O) groups excluding carboxylic acids is 2. The molecule has 1 saturated heterocycles. The number of amides is 2. The summed E-state index contributed by atoms with van der Waals surface area (Å²) in [7, 11) is 3.59. The van der Waals surface area contributed by atoms with Crippen LogP contribution in [0.5, 0.6) is 0 Å². The monoisotopic (exact) mass is 481 g/mol.